The van der Waals surface area contributed by atoms with Gasteiger partial charge in [-0.05, 0) is 62.8 Å². The van der Waals surface area contributed by atoms with Gasteiger partial charge < -0.3 is 5.11 Å². The molecular formula is C23H29N5O2. The highest BCUT2D eigenvalue weighted by molar-refractivity contribution is 5.77. The number of hydrogen-bond acceptors (Lipinski definition) is 5. The third kappa shape index (κ3) is 3.26. The van der Waals surface area contributed by atoms with Crippen LogP contribution in [0.1, 0.15) is 54.5 Å². The standard InChI is InChI=1S/C23H29N5O2/c1-26-21(16-7-2-5-10-19(16)25-26)15-27-12-6-11-20(27)22-24-18-9-4-3-8-17(18)23(30)28(22)13-14-29/h3-4,8-9,20,29H,2,5-7,10-15H2,1H3. The lowest BCUT2D eigenvalue weighted by atomic mass is 9.95. The molecule has 5 rings (SSSR count). The Morgan fingerprint density at radius 3 is 2.87 bits per heavy atom. The molecule has 1 aliphatic heterocycles. The topological polar surface area (TPSA) is 76.2 Å². The molecule has 0 saturated carbocycles. The summed E-state index contributed by atoms with van der Waals surface area (Å²) < 4.78 is 3.74. The van der Waals surface area contributed by atoms with Gasteiger partial charge in [-0.15, -0.1) is 0 Å². The van der Waals surface area contributed by atoms with E-state index >= 15 is 0 Å². The van der Waals surface area contributed by atoms with Crippen molar-refractivity contribution in [1.29, 1.82) is 0 Å². The first-order chi connectivity index (χ1) is 14.7. The summed E-state index contributed by atoms with van der Waals surface area (Å²) in [7, 11) is 2.05. The molecule has 3 aromatic rings. The van der Waals surface area contributed by atoms with Crippen molar-refractivity contribution in [3.8, 4) is 0 Å². The first-order valence-corrected chi connectivity index (χ1v) is 11.1. The molecule has 1 aliphatic carbocycles. The van der Waals surface area contributed by atoms with Crippen LogP contribution >= 0.6 is 0 Å². The second-order valence-electron chi connectivity index (χ2n) is 8.50. The molecule has 158 valence electrons. The van der Waals surface area contributed by atoms with E-state index in [4.69, 9.17) is 10.1 Å². The maximum Gasteiger partial charge on any atom is 0.261 e. The number of aromatic nitrogens is 4. The number of para-hydroxylation sites is 1. The lowest BCUT2D eigenvalue weighted by Crippen LogP contribution is -2.33. The molecule has 7 heteroatoms. The number of fused-ring (bicyclic) bond motifs is 2. The molecule has 0 radical (unpaired) electrons. The molecule has 2 aliphatic rings. The monoisotopic (exact) mass is 407 g/mol. The van der Waals surface area contributed by atoms with E-state index in [1.54, 1.807) is 4.57 Å². The van der Waals surface area contributed by atoms with Gasteiger partial charge in [-0.3, -0.25) is 18.9 Å². The molecule has 2 aromatic heterocycles. The van der Waals surface area contributed by atoms with Crippen LogP contribution < -0.4 is 5.56 Å². The highest BCUT2D eigenvalue weighted by Gasteiger charge is 2.32. The van der Waals surface area contributed by atoms with Gasteiger partial charge >= 0.3 is 0 Å². The van der Waals surface area contributed by atoms with E-state index in [1.165, 1.54) is 29.8 Å². The van der Waals surface area contributed by atoms with E-state index in [0.29, 0.717) is 5.39 Å². The molecule has 0 bridgehead atoms. The van der Waals surface area contributed by atoms with Gasteiger partial charge in [0.2, 0.25) is 0 Å². The van der Waals surface area contributed by atoms with E-state index in [9.17, 15) is 9.90 Å². The lowest BCUT2D eigenvalue weighted by molar-refractivity contribution is 0.218. The molecule has 0 spiro atoms. The first kappa shape index (κ1) is 19.5. The predicted octanol–water partition coefficient (Wildman–Crippen LogP) is 2.34. The van der Waals surface area contributed by atoms with Crippen LogP contribution in [0.2, 0.25) is 0 Å². The number of rotatable bonds is 5. The molecule has 7 nitrogen and oxygen atoms in total. The maximum absolute atomic E-state index is 13.1. The van der Waals surface area contributed by atoms with Crippen molar-refractivity contribution in [2.24, 2.45) is 7.05 Å². The summed E-state index contributed by atoms with van der Waals surface area (Å²) in [5.74, 6) is 0.779. The van der Waals surface area contributed by atoms with Gasteiger partial charge in [0.1, 0.15) is 5.82 Å². The average molecular weight is 408 g/mol. The Labute approximate surface area is 176 Å². The smallest absolute Gasteiger partial charge is 0.261 e. The van der Waals surface area contributed by atoms with Crippen molar-refractivity contribution >= 4 is 10.9 Å². The lowest BCUT2D eigenvalue weighted by Gasteiger charge is -2.27. The largest absolute Gasteiger partial charge is 0.395 e. The average Bonchev–Trinajstić information content (AvgIpc) is 3.35. The molecule has 3 heterocycles. The number of aliphatic hydroxyl groups excluding tert-OH is 1. The summed E-state index contributed by atoms with van der Waals surface area (Å²) >= 11 is 0. The summed E-state index contributed by atoms with van der Waals surface area (Å²) in [6.45, 7) is 2.00. The summed E-state index contributed by atoms with van der Waals surface area (Å²) in [5, 5.41) is 15.0. The zero-order chi connectivity index (χ0) is 20.7. The number of nitrogens with zero attached hydrogens (tertiary/aromatic N) is 5. The zero-order valence-electron chi connectivity index (χ0n) is 17.5. The minimum Gasteiger partial charge on any atom is -0.395 e. The molecule has 1 unspecified atom stereocenters. The third-order valence-electron chi connectivity index (χ3n) is 6.68. The Hall–Kier alpha value is -2.51. The Kier molecular flexibility index (Phi) is 5.16. The molecule has 1 saturated heterocycles. The Balaban J connectivity index is 1.54. The molecule has 1 N–H and O–H groups in total. The number of hydrogen-bond donors (Lipinski definition) is 1. The van der Waals surface area contributed by atoms with Crippen molar-refractivity contribution in [2.45, 2.75) is 57.7 Å². The van der Waals surface area contributed by atoms with Crippen molar-refractivity contribution < 1.29 is 5.11 Å². The van der Waals surface area contributed by atoms with E-state index < -0.39 is 0 Å². The van der Waals surface area contributed by atoms with Crippen LogP contribution in [0.5, 0.6) is 0 Å². The number of aryl methyl sites for hydroxylation is 2. The van der Waals surface area contributed by atoms with Crippen LogP contribution in [-0.4, -0.2) is 42.5 Å². The second-order valence-corrected chi connectivity index (χ2v) is 8.50. The van der Waals surface area contributed by atoms with Crippen molar-refractivity contribution in [2.75, 3.05) is 13.2 Å². The van der Waals surface area contributed by atoms with Crippen molar-refractivity contribution in [3.63, 3.8) is 0 Å². The molecule has 0 amide bonds. The predicted molar refractivity (Wildman–Crippen MR) is 115 cm³/mol. The van der Waals surface area contributed by atoms with Gasteiger partial charge in [0.25, 0.3) is 5.56 Å². The van der Waals surface area contributed by atoms with Gasteiger partial charge in [-0.2, -0.15) is 5.10 Å². The van der Waals surface area contributed by atoms with Crippen LogP contribution in [0.15, 0.2) is 29.1 Å². The normalized spacial score (nSPS) is 19.5. The zero-order valence-corrected chi connectivity index (χ0v) is 17.5. The van der Waals surface area contributed by atoms with Gasteiger partial charge in [0.05, 0.1) is 41.5 Å². The third-order valence-corrected chi connectivity index (χ3v) is 6.68. The maximum atomic E-state index is 13.1. The van der Waals surface area contributed by atoms with E-state index in [-0.39, 0.29) is 24.8 Å². The Morgan fingerprint density at radius 1 is 1.17 bits per heavy atom. The number of benzene rings is 1. The van der Waals surface area contributed by atoms with Gasteiger partial charge in [0.15, 0.2) is 0 Å². The molecule has 30 heavy (non-hydrogen) atoms. The Bertz CT molecular complexity index is 1130. The van der Waals surface area contributed by atoms with Crippen LogP contribution in [0, 0.1) is 0 Å². The van der Waals surface area contributed by atoms with Gasteiger partial charge in [0, 0.05) is 13.6 Å². The van der Waals surface area contributed by atoms with Crippen LogP contribution in [0.3, 0.4) is 0 Å². The SMILES string of the molecule is Cn1nc2c(c1CN1CCCC1c1nc3ccccc3c(=O)n1CCO)CCCC2. The fourth-order valence-electron chi connectivity index (χ4n) is 5.20. The van der Waals surface area contributed by atoms with Crippen molar-refractivity contribution in [1.82, 2.24) is 24.2 Å². The summed E-state index contributed by atoms with van der Waals surface area (Å²) in [4.78, 5) is 20.5. The first-order valence-electron chi connectivity index (χ1n) is 11.1. The number of likely N-dealkylation sites (tertiary alicyclic amines) is 1. The van der Waals surface area contributed by atoms with Gasteiger partial charge in [-0.25, -0.2) is 4.98 Å². The quantitative estimate of drug-likeness (QED) is 0.703. The fourth-order valence-corrected chi connectivity index (χ4v) is 5.20. The van der Waals surface area contributed by atoms with Crippen LogP contribution in [-0.2, 0) is 33.0 Å². The van der Waals surface area contributed by atoms with E-state index in [1.807, 2.05) is 24.3 Å². The summed E-state index contributed by atoms with van der Waals surface area (Å²) in [6.07, 6.45) is 6.69. The highest BCUT2D eigenvalue weighted by atomic mass is 16.3. The highest BCUT2D eigenvalue weighted by Crippen LogP contribution is 2.34. The van der Waals surface area contributed by atoms with E-state index in [0.717, 1.165) is 50.1 Å². The molecule has 1 fully saturated rings. The minimum absolute atomic E-state index is 0.0607. The molecule has 1 aromatic carbocycles. The molecular weight excluding hydrogens is 378 g/mol. The minimum atomic E-state index is -0.0745. The fraction of sp³-hybridized carbons (Fsp3) is 0.522. The van der Waals surface area contributed by atoms with Crippen molar-refractivity contribution in [3.05, 3.63) is 57.4 Å². The molecule has 1 atom stereocenters. The summed E-state index contributed by atoms with van der Waals surface area (Å²) in [6, 6.07) is 7.57. The van der Waals surface area contributed by atoms with Crippen LogP contribution in [0.4, 0.5) is 0 Å². The number of aliphatic hydroxyl groups is 1. The Morgan fingerprint density at radius 2 is 2.00 bits per heavy atom. The van der Waals surface area contributed by atoms with Gasteiger partial charge in [-0.1, -0.05) is 12.1 Å². The van der Waals surface area contributed by atoms with Crippen LogP contribution in [0.25, 0.3) is 10.9 Å². The summed E-state index contributed by atoms with van der Waals surface area (Å²) in [5.41, 5.74) is 4.66. The van der Waals surface area contributed by atoms with E-state index in [2.05, 4.69) is 16.6 Å². The second kappa shape index (κ2) is 7.96.